The Hall–Kier alpha value is -0.610. The lowest BCUT2D eigenvalue weighted by Gasteiger charge is -2.02. The van der Waals surface area contributed by atoms with Crippen molar-refractivity contribution in [1.82, 2.24) is 0 Å². The van der Waals surface area contributed by atoms with Gasteiger partial charge in [-0.25, -0.2) is 4.39 Å². The van der Waals surface area contributed by atoms with Gasteiger partial charge in [0.1, 0.15) is 5.82 Å². The van der Waals surface area contributed by atoms with Gasteiger partial charge in [0.2, 0.25) is 0 Å². The van der Waals surface area contributed by atoms with Gasteiger partial charge in [-0.3, -0.25) is 0 Å². The maximum Gasteiger partial charge on any atom is 0.147 e. The highest BCUT2D eigenvalue weighted by atomic mass is 79.9. The molecule has 0 bridgehead atoms. The third-order valence-corrected chi connectivity index (χ3v) is 3.54. The fourth-order valence-electron chi connectivity index (χ4n) is 1.29. The van der Waals surface area contributed by atoms with Crippen LogP contribution in [0.2, 0.25) is 0 Å². The van der Waals surface area contributed by atoms with Crippen LogP contribution in [-0.4, -0.2) is 0 Å². The van der Waals surface area contributed by atoms with Crippen LogP contribution in [0.15, 0.2) is 17.5 Å². The van der Waals surface area contributed by atoms with Gasteiger partial charge in [-0.2, -0.15) is 0 Å². The van der Waals surface area contributed by atoms with Crippen LogP contribution in [0.25, 0.3) is 10.1 Å². The molecular weight excluding hydrogens is 253 g/mol. The standard InChI is InChI=1S/C9H7BrFNS/c10-4-5-3-7(11)8(12)6-1-2-13-9(5)6/h1-3H,4,12H2. The lowest BCUT2D eigenvalue weighted by Crippen LogP contribution is -1.92. The van der Waals surface area contributed by atoms with Gasteiger partial charge in [0, 0.05) is 15.4 Å². The number of benzene rings is 1. The Labute approximate surface area is 87.5 Å². The third-order valence-electron chi connectivity index (χ3n) is 1.95. The van der Waals surface area contributed by atoms with Gasteiger partial charge in [-0.05, 0) is 23.1 Å². The van der Waals surface area contributed by atoms with Gasteiger partial charge < -0.3 is 5.73 Å². The molecular formula is C9H7BrFNS. The van der Waals surface area contributed by atoms with Gasteiger partial charge in [0.25, 0.3) is 0 Å². The van der Waals surface area contributed by atoms with Crippen LogP contribution in [0.3, 0.4) is 0 Å². The summed E-state index contributed by atoms with van der Waals surface area (Å²) in [5, 5.41) is 3.40. The van der Waals surface area contributed by atoms with Crippen LogP contribution in [0.1, 0.15) is 5.56 Å². The number of halogens is 2. The second-order valence-electron chi connectivity index (χ2n) is 2.73. The summed E-state index contributed by atoms with van der Waals surface area (Å²) in [5.41, 5.74) is 6.81. The molecule has 1 aromatic carbocycles. The number of nitrogens with two attached hydrogens (primary N) is 1. The molecule has 1 heterocycles. The van der Waals surface area contributed by atoms with Crippen molar-refractivity contribution < 1.29 is 4.39 Å². The van der Waals surface area contributed by atoms with E-state index in [9.17, 15) is 4.39 Å². The molecule has 0 fully saturated rings. The molecule has 0 spiro atoms. The second kappa shape index (κ2) is 3.27. The van der Waals surface area contributed by atoms with E-state index in [1.165, 1.54) is 6.07 Å². The fourth-order valence-corrected chi connectivity index (χ4v) is 2.85. The molecule has 0 saturated carbocycles. The van der Waals surface area contributed by atoms with Crippen LogP contribution in [0.4, 0.5) is 10.1 Å². The van der Waals surface area contributed by atoms with Crippen molar-refractivity contribution >= 4 is 43.0 Å². The second-order valence-corrected chi connectivity index (χ2v) is 4.21. The number of fused-ring (bicyclic) bond motifs is 1. The number of rotatable bonds is 1. The highest BCUT2D eigenvalue weighted by Gasteiger charge is 2.09. The van der Waals surface area contributed by atoms with E-state index in [1.807, 2.05) is 11.4 Å². The Morgan fingerprint density at radius 3 is 3.00 bits per heavy atom. The molecule has 0 aliphatic heterocycles. The Balaban J connectivity index is 2.87. The summed E-state index contributed by atoms with van der Waals surface area (Å²) in [5.74, 6) is -0.333. The van der Waals surface area contributed by atoms with Crippen molar-refractivity contribution in [3.8, 4) is 0 Å². The summed E-state index contributed by atoms with van der Waals surface area (Å²) in [4.78, 5) is 0. The summed E-state index contributed by atoms with van der Waals surface area (Å²) in [6, 6.07) is 3.34. The van der Waals surface area contributed by atoms with E-state index < -0.39 is 0 Å². The smallest absolute Gasteiger partial charge is 0.147 e. The topological polar surface area (TPSA) is 26.0 Å². The average Bonchev–Trinajstić information content (AvgIpc) is 2.60. The largest absolute Gasteiger partial charge is 0.396 e. The van der Waals surface area contributed by atoms with Crippen LogP contribution in [0, 0.1) is 5.82 Å². The first-order valence-corrected chi connectivity index (χ1v) is 5.74. The zero-order valence-electron chi connectivity index (χ0n) is 6.68. The molecule has 0 radical (unpaired) electrons. The van der Waals surface area contributed by atoms with E-state index >= 15 is 0 Å². The molecule has 68 valence electrons. The summed E-state index contributed by atoms with van der Waals surface area (Å²) in [7, 11) is 0. The average molecular weight is 260 g/mol. The number of hydrogen-bond donors (Lipinski definition) is 1. The Morgan fingerprint density at radius 1 is 1.54 bits per heavy atom. The molecule has 1 nitrogen and oxygen atoms in total. The van der Waals surface area contributed by atoms with Crippen molar-refractivity contribution in [3.05, 3.63) is 28.9 Å². The molecule has 2 N–H and O–H groups in total. The molecule has 0 unspecified atom stereocenters. The van der Waals surface area contributed by atoms with Gasteiger partial charge in [0.15, 0.2) is 0 Å². The minimum Gasteiger partial charge on any atom is -0.396 e. The quantitative estimate of drug-likeness (QED) is 0.616. The van der Waals surface area contributed by atoms with Crippen LogP contribution < -0.4 is 5.73 Å². The highest BCUT2D eigenvalue weighted by Crippen LogP contribution is 2.32. The Morgan fingerprint density at radius 2 is 2.31 bits per heavy atom. The molecule has 0 saturated heterocycles. The summed E-state index contributed by atoms with van der Waals surface area (Å²) in [6.07, 6.45) is 0. The predicted octanol–water partition coefficient (Wildman–Crippen LogP) is 3.52. The summed E-state index contributed by atoms with van der Waals surface area (Å²) in [6.45, 7) is 0. The van der Waals surface area contributed by atoms with E-state index in [0.29, 0.717) is 5.33 Å². The first-order chi connectivity index (χ1) is 6.24. The van der Waals surface area contributed by atoms with Crippen LogP contribution >= 0.6 is 27.3 Å². The van der Waals surface area contributed by atoms with Crippen molar-refractivity contribution in [2.45, 2.75) is 5.33 Å². The first-order valence-electron chi connectivity index (χ1n) is 3.74. The fraction of sp³-hybridized carbons (Fsp3) is 0.111. The molecule has 13 heavy (non-hydrogen) atoms. The zero-order valence-corrected chi connectivity index (χ0v) is 9.08. The first kappa shape index (κ1) is 8.97. The SMILES string of the molecule is Nc1c(F)cc(CBr)c2sccc12. The van der Waals surface area contributed by atoms with E-state index in [4.69, 9.17) is 5.73 Å². The lowest BCUT2D eigenvalue weighted by atomic mass is 10.1. The molecule has 0 amide bonds. The monoisotopic (exact) mass is 259 g/mol. The van der Waals surface area contributed by atoms with Gasteiger partial charge >= 0.3 is 0 Å². The number of anilines is 1. The number of nitrogen functional groups attached to an aromatic ring is 1. The molecule has 2 rings (SSSR count). The molecule has 1 aromatic heterocycles. The number of hydrogen-bond acceptors (Lipinski definition) is 2. The molecule has 0 atom stereocenters. The van der Waals surface area contributed by atoms with Crippen LogP contribution in [-0.2, 0) is 5.33 Å². The third kappa shape index (κ3) is 1.34. The lowest BCUT2D eigenvalue weighted by molar-refractivity contribution is 0.633. The van der Waals surface area contributed by atoms with E-state index in [2.05, 4.69) is 15.9 Å². The van der Waals surface area contributed by atoms with Gasteiger partial charge in [0.05, 0.1) is 5.69 Å². The minimum atomic E-state index is -0.333. The minimum absolute atomic E-state index is 0.251. The maximum atomic E-state index is 13.2. The normalized spacial score (nSPS) is 10.9. The van der Waals surface area contributed by atoms with Crippen molar-refractivity contribution in [2.24, 2.45) is 0 Å². The van der Waals surface area contributed by atoms with Crippen molar-refractivity contribution in [2.75, 3.05) is 5.73 Å². The molecule has 4 heteroatoms. The Bertz CT molecular complexity index is 452. The van der Waals surface area contributed by atoms with E-state index in [-0.39, 0.29) is 11.5 Å². The van der Waals surface area contributed by atoms with Crippen molar-refractivity contribution in [1.29, 1.82) is 0 Å². The predicted molar refractivity (Wildman–Crippen MR) is 58.8 cm³/mol. The van der Waals surface area contributed by atoms with E-state index in [1.54, 1.807) is 11.3 Å². The molecule has 0 aliphatic carbocycles. The van der Waals surface area contributed by atoms with Gasteiger partial charge in [-0.1, -0.05) is 15.9 Å². The highest BCUT2D eigenvalue weighted by molar-refractivity contribution is 9.08. The van der Waals surface area contributed by atoms with E-state index in [0.717, 1.165) is 15.6 Å². The number of alkyl halides is 1. The van der Waals surface area contributed by atoms with Crippen molar-refractivity contribution in [3.63, 3.8) is 0 Å². The summed E-state index contributed by atoms with van der Waals surface area (Å²) < 4.78 is 14.3. The Kier molecular flexibility index (Phi) is 2.26. The molecule has 0 aliphatic rings. The van der Waals surface area contributed by atoms with Crippen LogP contribution in [0.5, 0.6) is 0 Å². The van der Waals surface area contributed by atoms with Gasteiger partial charge in [-0.15, -0.1) is 11.3 Å². The maximum absolute atomic E-state index is 13.2. The molecule has 2 aromatic rings. The summed E-state index contributed by atoms with van der Waals surface area (Å²) >= 11 is 4.91. The zero-order chi connectivity index (χ0) is 9.42. The number of thiophene rings is 1.